The summed E-state index contributed by atoms with van der Waals surface area (Å²) in [4.78, 5) is 12.4. The van der Waals surface area contributed by atoms with E-state index in [0.717, 1.165) is 25.7 Å². The van der Waals surface area contributed by atoms with Crippen molar-refractivity contribution in [1.82, 2.24) is 15.0 Å². The third kappa shape index (κ3) is 6.13. The van der Waals surface area contributed by atoms with Crippen LogP contribution in [0.3, 0.4) is 0 Å². The molecule has 0 unspecified atom stereocenters. The maximum atomic E-state index is 12.4. The summed E-state index contributed by atoms with van der Waals surface area (Å²) in [6, 6.07) is 10.2. The molecule has 0 aliphatic rings. The summed E-state index contributed by atoms with van der Waals surface area (Å²) < 4.78 is 6.82. The molecular formula is C22H21Cl4N3O2. The fourth-order valence-electron chi connectivity index (χ4n) is 3.12. The summed E-state index contributed by atoms with van der Waals surface area (Å²) in [5, 5.41) is 10.2. The van der Waals surface area contributed by atoms with E-state index >= 15 is 0 Å². The molecule has 0 saturated carbocycles. The van der Waals surface area contributed by atoms with Crippen molar-refractivity contribution in [3.8, 4) is 22.5 Å². The van der Waals surface area contributed by atoms with Gasteiger partial charge in [-0.05, 0) is 42.8 Å². The van der Waals surface area contributed by atoms with Crippen molar-refractivity contribution >= 4 is 52.4 Å². The molecule has 0 bridgehead atoms. The number of ether oxygens (including phenoxy) is 1. The standard InChI is InChI=1S/C22H21Cl4N3O2/c1-2-3-4-5-10-31-20(30)13-29-22(17-9-7-15(24)12-19(17)26)21(27-28-29)16-8-6-14(23)11-18(16)25/h6-9,11-12H,2-5,10,13H2,1H3. The summed E-state index contributed by atoms with van der Waals surface area (Å²) >= 11 is 25.0. The highest BCUT2D eigenvalue weighted by Gasteiger charge is 2.22. The molecule has 0 spiro atoms. The number of aromatic nitrogens is 3. The number of rotatable bonds is 9. The van der Waals surface area contributed by atoms with Crippen LogP contribution in [0.4, 0.5) is 0 Å². The fraction of sp³-hybridized carbons (Fsp3) is 0.318. The number of esters is 1. The predicted molar refractivity (Wildman–Crippen MR) is 126 cm³/mol. The Morgan fingerprint density at radius 3 is 2.19 bits per heavy atom. The van der Waals surface area contributed by atoms with Crippen LogP contribution >= 0.6 is 46.4 Å². The van der Waals surface area contributed by atoms with Gasteiger partial charge in [-0.15, -0.1) is 5.10 Å². The molecule has 0 atom stereocenters. The van der Waals surface area contributed by atoms with Gasteiger partial charge in [0.15, 0.2) is 0 Å². The van der Waals surface area contributed by atoms with Gasteiger partial charge in [-0.1, -0.05) is 77.8 Å². The topological polar surface area (TPSA) is 57.0 Å². The molecule has 1 aromatic heterocycles. The van der Waals surface area contributed by atoms with Crippen LogP contribution < -0.4 is 0 Å². The second-order valence-corrected chi connectivity index (χ2v) is 8.66. The van der Waals surface area contributed by atoms with E-state index in [9.17, 15) is 4.79 Å². The molecule has 1 heterocycles. The molecule has 31 heavy (non-hydrogen) atoms. The molecular weight excluding hydrogens is 480 g/mol. The van der Waals surface area contributed by atoms with Crippen molar-refractivity contribution in [3.63, 3.8) is 0 Å². The number of hydrogen-bond donors (Lipinski definition) is 0. The minimum absolute atomic E-state index is 0.111. The van der Waals surface area contributed by atoms with E-state index in [1.165, 1.54) is 4.68 Å². The molecule has 0 aliphatic heterocycles. The van der Waals surface area contributed by atoms with Crippen molar-refractivity contribution in [2.45, 2.75) is 39.2 Å². The van der Waals surface area contributed by atoms with Crippen LogP contribution in [0.2, 0.25) is 20.1 Å². The lowest BCUT2D eigenvalue weighted by Gasteiger charge is -2.11. The van der Waals surface area contributed by atoms with E-state index in [0.29, 0.717) is 49.2 Å². The first kappa shape index (κ1) is 23.9. The van der Waals surface area contributed by atoms with Gasteiger partial charge in [-0.3, -0.25) is 4.79 Å². The predicted octanol–water partition coefficient (Wildman–Crippen LogP) is 7.35. The summed E-state index contributed by atoms with van der Waals surface area (Å²) in [6.45, 7) is 2.39. The Bertz CT molecular complexity index is 1070. The summed E-state index contributed by atoms with van der Waals surface area (Å²) in [5.74, 6) is -0.401. The maximum absolute atomic E-state index is 12.4. The number of halogens is 4. The van der Waals surface area contributed by atoms with Gasteiger partial charge in [0.05, 0.1) is 22.3 Å². The molecule has 5 nitrogen and oxygen atoms in total. The Hall–Kier alpha value is -1.79. The van der Waals surface area contributed by atoms with Gasteiger partial charge < -0.3 is 4.74 Å². The van der Waals surface area contributed by atoms with E-state index in [2.05, 4.69) is 17.2 Å². The normalized spacial score (nSPS) is 11.0. The molecule has 0 aliphatic carbocycles. The zero-order chi connectivity index (χ0) is 22.4. The van der Waals surface area contributed by atoms with Gasteiger partial charge in [-0.25, -0.2) is 4.68 Å². The maximum Gasteiger partial charge on any atom is 0.327 e. The molecule has 0 fully saturated rings. The van der Waals surface area contributed by atoms with Crippen LogP contribution in [0.5, 0.6) is 0 Å². The minimum atomic E-state index is -0.401. The van der Waals surface area contributed by atoms with Crippen molar-refractivity contribution in [1.29, 1.82) is 0 Å². The fourth-order valence-corrected chi connectivity index (χ4v) is 4.11. The third-order valence-corrected chi connectivity index (χ3v) is 5.74. The highest BCUT2D eigenvalue weighted by atomic mass is 35.5. The van der Waals surface area contributed by atoms with Crippen molar-refractivity contribution in [3.05, 3.63) is 56.5 Å². The number of nitrogens with zero attached hydrogens (tertiary/aromatic N) is 3. The van der Waals surface area contributed by atoms with E-state index in [1.807, 2.05) is 0 Å². The number of benzene rings is 2. The highest BCUT2D eigenvalue weighted by Crippen LogP contribution is 2.39. The lowest BCUT2D eigenvalue weighted by atomic mass is 10.0. The van der Waals surface area contributed by atoms with Gasteiger partial charge >= 0.3 is 5.97 Å². The Kier molecular flexibility index (Phi) is 8.61. The van der Waals surface area contributed by atoms with Crippen LogP contribution in [0.15, 0.2) is 36.4 Å². The van der Waals surface area contributed by atoms with Gasteiger partial charge in [-0.2, -0.15) is 0 Å². The third-order valence-electron chi connectivity index (χ3n) is 4.65. The summed E-state index contributed by atoms with van der Waals surface area (Å²) in [7, 11) is 0. The van der Waals surface area contributed by atoms with Crippen LogP contribution in [-0.4, -0.2) is 27.6 Å². The van der Waals surface area contributed by atoms with E-state index in [4.69, 9.17) is 51.1 Å². The summed E-state index contributed by atoms with van der Waals surface area (Å²) in [6.07, 6.45) is 4.09. The van der Waals surface area contributed by atoms with E-state index < -0.39 is 5.97 Å². The largest absolute Gasteiger partial charge is 0.464 e. The smallest absolute Gasteiger partial charge is 0.327 e. The van der Waals surface area contributed by atoms with Crippen molar-refractivity contribution in [2.24, 2.45) is 0 Å². The molecule has 0 radical (unpaired) electrons. The van der Waals surface area contributed by atoms with Gasteiger partial charge in [0, 0.05) is 21.2 Å². The minimum Gasteiger partial charge on any atom is -0.464 e. The Morgan fingerprint density at radius 1 is 0.935 bits per heavy atom. The highest BCUT2D eigenvalue weighted by molar-refractivity contribution is 6.37. The molecule has 3 rings (SSSR count). The van der Waals surface area contributed by atoms with Crippen LogP contribution in [0.1, 0.15) is 32.6 Å². The zero-order valence-corrected chi connectivity index (χ0v) is 19.9. The van der Waals surface area contributed by atoms with Gasteiger partial charge in [0.25, 0.3) is 0 Å². The molecule has 2 aromatic carbocycles. The first-order valence-corrected chi connectivity index (χ1v) is 11.4. The van der Waals surface area contributed by atoms with Crippen LogP contribution in [-0.2, 0) is 16.1 Å². The average Bonchev–Trinajstić information content (AvgIpc) is 3.10. The molecule has 0 saturated heterocycles. The number of carbonyl (C=O) groups excluding carboxylic acids is 1. The van der Waals surface area contributed by atoms with Crippen molar-refractivity contribution < 1.29 is 9.53 Å². The molecule has 0 N–H and O–H groups in total. The molecule has 9 heteroatoms. The Labute approximate surface area is 201 Å². The molecule has 164 valence electrons. The quantitative estimate of drug-likeness (QED) is 0.227. The van der Waals surface area contributed by atoms with Crippen molar-refractivity contribution in [2.75, 3.05) is 6.61 Å². The first-order chi connectivity index (χ1) is 14.9. The van der Waals surface area contributed by atoms with E-state index in [1.54, 1.807) is 36.4 Å². The Balaban J connectivity index is 1.94. The van der Waals surface area contributed by atoms with Crippen LogP contribution in [0.25, 0.3) is 22.5 Å². The van der Waals surface area contributed by atoms with Gasteiger partial charge in [0.1, 0.15) is 12.2 Å². The zero-order valence-electron chi connectivity index (χ0n) is 16.9. The number of unbranched alkanes of at least 4 members (excludes halogenated alkanes) is 3. The average molecular weight is 501 g/mol. The number of carbonyl (C=O) groups is 1. The van der Waals surface area contributed by atoms with Gasteiger partial charge in [0.2, 0.25) is 0 Å². The molecule has 3 aromatic rings. The lowest BCUT2D eigenvalue weighted by Crippen LogP contribution is -2.16. The van der Waals surface area contributed by atoms with E-state index in [-0.39, 0.29) is 6.54 Å². The molecule has 0 amide bonds. The number of hydrogen-bond acceptors (Lipinski definition) is 4. The second kappa shape index (κ2) is 11.2. The second-order valence-electron chi connectivity index (χ2n) is 6.97. The summed E-state index contributed by atoms with van der Waals surface area (Å²) in [5.41, 5.74) is 2.24. The lowest BCUT2D eigenvalue weighted by molar-refractivity contribution is -0.144. The first-order valence-electron chi connectivity index (χ1n) is 9.90. The van der Waals surface area contributed by atoms with Crippen LogP contribution in [0, 0.1) is 0 Å². The SMILES string of the molecule is CCCCCCOC(=O)Cn1nnc(-c2ccc(Cl)cc2Cl)c1-c1ccc(Cl)cc1Cl. The monoisotopic (exact) mass is 499 g/mol. The Morgan fingerprint density at radius 2 is 1.58 bits per heavy atom.